The topological polar surface area (TPSA) is 95.9 Å². The maximum Gasteiger partial charge on any atom is 0.272 e. The standard InChI is InChI=1S/C18H24N6O2/c1-3-11-8-14(22-21-11)18(26)20-13-6-7-16(25)24(12-4-5-12)17(13)15-9-19-10-23(15)2/h8-10,12-13,17H,3-7H2,1-2H3,(H,20,26)(H,21,22)/t13-,17-/m1/s1. The monoisotopic (exact) mass is 356 g/mol. The van der Waals surface area contributed by atoms with Gasteiger partial charge in [-0.25, -0.2) is 4.98 Å². The summed E-state index contributed by atoms with van der Waals surface area (Å²) >= 11 is 0. The van der Waals surface area contributed by atoms with Crippen molar-refractivity contribution < 1.29 is 9.59 Å². The van der Waals surface area contributed by atoms with Gasteiger partial charge in [0, 0.05) is 25.2 Å². The molecule has 8 nitrogen and oxygen atoms in total. The molecular formula is C18H24N6O2. The average molecular weight is 356 g/mol. The smallest absolute Gasteiger partial charge is 0.272 e. The number of nitrogens with one attached hydrogen (secondary N) is 2. The van der Waals surface area contributed by atoms with Crippen LogP contribution in [-0.4, -0.2) is 48.5 Å². The molecule has 2 aromatic heterocycles. The first-order chi connectivity index (χ1) is 12.6. The molecule has 8 heteroatoms. The van der Waals surface area contributed by atoms with Crippen molar-refractivity contribution in [1.82, 2.24) is 30.0 Å². The van der Waals surface area contributed by atoms with Crippen LogP contribution in [0.25, 0.3) is 0 Å². The molecule has 1 saturated carbocycles. The lowest BCUT2D eigenvalue weighted by atomic mass is 9.92. The van der Waals surface area contributed by atoms with E-state index in [1.807, 2.05) is 23.4 Å². The molecule has 2 fully saturated rings. The fourth-order valence-electron chi connectivity index (χ4n) is 3.75. The van der Waals surface area contributed by atoms with Gasteiger partial charge in [-0.15, -0.1) is 0 Å². The van der Waals surface area contributed by atoms with E-state index in [1.54, 1.807) is 18.6 Å². The second-order valence-electron chi connectivity index (χ2n) is 7.16. The first-order valence-electron chi connectivity index (χ1n) is 9.21. The van der Waals surface area contributed by atoms with E-state index in [2.05, 4.69) is 20.5 Å². The van der Waals surface area contributed by atoms with Gasteiger partial charge in [0.2, 0.25) is 5.91 Å². The van der Waals surface area contributed by atoms with Crippen molar-refractivity contribution >= 4 is 11.8 Å². The number of carbonyl (C=O) groups excluding carboxylic acids is 2. The largest absolute Gasteiger partial charge is 0.345 e. The van der Waals surface area contributed by atoms with E-state index < -0.39 is 0 Å². The van der Waals surface area contributed by atoms with Crippen molar-refractivity contribution in [2.24, 2.45) is 7.05 Å². The Balaban J connectivity index is 1.61. The summed E-state index contributed by atoms with van der Waals surface area (Å²) in [6.07, 6.45) is 7.46. The number of hydrogen-bond acceptors (Lipinski definition) is 4. The zero-order valence-electron chi connectivity index (χ0n) is 15.1. The molecule has 2 amide bonds. The van der Waals surface area contributed by atoms with E-state index in [4.69, 9.17) is 0 Å². The number of piperidine rings is 1. The van der Waals surface area contributed by atoms with Crippen LogP contribution in [0.1, 0.15) is 60.5 Å². The lowest BCUT2D eigenvalue weighted by Crippen LogP contribution is -2.53. The molecule has 138 valence electrons. The van der Waals surface area contributed by atoms with Gasteiger partial charge in [-0.1, -0.05) is 6.92 Å². The second-order valence-corrected chi connectivity index (χ2v) is 7.16. The third-order valence-electron chi connectivity index (χ3n) is 5.30. The molecule has 0 bridgehead atoms. The summed E-state index contributed by atoms with van der Waals surface area (Å²) < 4.78 is 1.93. The van der Waals surface area contributed by atoms with E-state index in [9.17, 15) is 9.59 Å². The van der Waals surface area contributed by atoms with Gasteiger partial charge in [0.15, 0.2) is 0 Å². The van der Waals surface area contributed by atoms with Crippen molar-refractivity contribution in [3.8, 4) is 0 Å². The normalized spacial score (nSPS) is 23.3. The van der Waals surface area contributed by atoms with Crippen molar-refractivity contribution in [2.75, 3.05) is 0 Å². The average Bonchev–Trinajstić information content (AvgIpc) is 3.18. The minimum Gasteiger partial charge on any atom is -0.345 e. The predicted molar refractivity (Wildman–Crippen MR) is 94.3 cm³/mol. The van der Waals surface area contributed by atoms with Gasteiger partial charge in [-0.2, -0.15) is 5.10 Å². The van der Waals surface area contributed by atoms with Crippen LogP contribution in [0.5, 0.6) is 0 Å². The van der Waals surface area contributed by atoms with Crippen LogP contribution >= 0.6 is 0 Å². The zero-order valence-corrected chi connectivity index (χ0v) is 15.1. The molecule has 2 N–H and O–H groups in total. The van der Waals surface area contributed by atoms with Crippen LogP contribution in [0.15, 0.2) is 18.6 Å². The van der Waals surface area contributed by atoms with Gasteiger partial charge in [-0.05, 0) is 31.7 Å². The molecular weight excluding hydrogens is 332 g/mol. The third kappa shape index (κ3) is 3.00. The van der Waals surface area contributed by atoms with Crippen LogP contribution in [0.2, 0.25) is 0 Å². The maximum absolute atomic E-state index is 12.7. The van der Waals surface area contributed by atoms with Gasteiger partial charge in [0.05, 0.1) is 30.3 Å². The zero-order chi connectivity index (χ0) is 18.3. The number of hydrogen-bond donors (Lipinski definition) is 2. The first-order valence-corrected chi connectivity index (χ1v) is 9.21. The minimum absolute atomic E-state index is 0.155. The molecule has 1 aliphatic heterocycles. The number of likely N-dealkylation sites (tertiary alicyclic amines) is 1. The summed E-state index contributed by atoms with van der Waals surface area (Å²) in [5, 5.41) is 10.1. The Labute approximate surface area is 152 Å². The molecule has 0 unspecified atom stereocenters. The second kappa shape index (κ2) is 6.59. The Morgan fingerprint density at radius 1 is 1.38 bits per heavy atom. The quantitative estimate of drug-likeness (QED) is 0.845. The number of H-pyrrole nitrogens is 1. The number of rotatable bonds is 5. The van der Waals surface area contributed by atoms with Crippen molar-refractivity contribution in [3.05, 3.63) is 35.7 Å². The number of amides is 2. The first kappa shape index (κ1) is 16.8. The van der Waals surface area contributed by atoms with E-state index in [1.165, 1.54) is 0 Å². The number of aromatic amines is 1. The Hall–Kier alpha value is -2.64. The lowest BCUT2D eigenvalue weighted by Gasteiger charge is -2.41. The Morgan fingerprint density at radius 3 is 2.81 bits per heavy atom. The minimum atomic E-state index is -0.205. The van der Waals surface area contributed by atoms with E-state index in [0.717, 1.165) is 30.7 Å². The molecule has 1 aliphatic carbocycles. The molecule has 2 aliphatic rings. The third-order valence-corrected chi connectivity index (χ3v) is 5.30. The molecule has 0 spiro atoms. The molecule has 0 aromatic carbocycles. The lowest BCUT2D eigenvalue weighted by molar-refractivity contribution is -0.138. The highest BCUT2D eigenvalue weighted by Gasteiger charge is 2.45. The van der Waals surface area contributed by atoms with Crippen molar-refractivity contribution in [1.29, 1.82) is 0 Å². The van der Waals surface area contributed by atoms with Crippen LogP contribution < -0.4 is 5.32 Å². The highest BCUT2D eigenvalue weighted by Crippen LogP contribution is 2.40. The summed E-state index contributed by atoms with van der Waals surface area (Å²) in [5.74, 6) is -0.0412. The number of aryl methyl sites for hydroxylation is 2. The Kier molecular flexibility index (Phi) is 4.26. The number of carbonyl (C=O) groups is 2. The molecule has 1 saturated heterocycles. The summed E-state index contributed by atoms with van der Waals surface area (Å²) in [5.41, 5.74) is 2.27. The number of imidazole rings is 1. The molecule has 26 heavy (non-hydrogen) atoms. The molecule has 2 aromatic rings. The SMILES string of the molecule is CCc1cc(C(=O)N[C@@H]2CCC(=O)N(C3CC3)[C@H]2c2cncn2C)n[nH]1. The van der Waals surface area contributed by atoms with Crippen LogP contribution in [0.4, 0.5) is 0 Å². The van der Waals surface area contributed by atoms with Gasteiger partial charge in [-0.3, -0.25) is 14.7 Å². The fraction of sp³-hybridized carbons (Fsp3) is 0.556. The fourth-order valence-corrected chi connectivity index (χ4v) is 3.75. The van der Waals surface area contributed by atoms with E-state index >= 15 is 0 Å². The molecule has 3 heterocycles. The number of nitrogens with zero attached hydrogens (tertiary/aromatic N) is 4. The van der Waals surface area contributed by atoms with Gasteiger partial charge < -0.3 is 14.8 Å². The molecule has 4 rings (SSSR count). The maximum atomic E-state index is 12.7. The predicted octanol–water partition coefficient (Wildman–Crippen LogP) is 1.33. The highest BCUT2D eigenvalue weighted by atomic mass is 16.2. The Morgan fingerprint density at radius 2 is 2.19 bits per heavy atom. The molecule has 2 atom stereocenters. The van der Waals surface area contributed by atoms with Crippen LogP contribution in [0, 0.1) is 0 Å². The van der Waals surface area contributed by atoms with Gasteiger partial charge in [0.25, 0.3) is 5.91 Å². The number of aromatic nitrogens is 4. The summed E-state index contributed by atoms with van der Waals surface area (Å²) in [6, 6.07) is 1.71. The van der Waals surface area contributed by atoms with Gasteiger partial charge in [0.1, 0.15) is 5.69 Å². The van der Waals surface area contributed by atoms with Crippen molar-refractivity contribution in [3.63, 3.8) is 0 Å². The summed E-state index contributed by atoms with van der Waals surface area (Å²) in [6.45, 7) is 2.01. The highest BCUT2D eigenvalue weighted by molar-refractivity contribution is 5.92. The summed E-state index contributed by atoms with van der Waals surface area (Å²) in [7, 11) is 1.92. The van der Waals surface area contributed by atoms with Crippen LogP contribution in [-0.2, 0) is 18.3 Å². The van der Waals surface area contributed by atoms with Crippen LogP contribution in [0.3, 0.4) is 0 Å². The Bertz CT molecular complexity index is 821. The van der Waals surface area contributed by atoms with E-state index in [-0.39, 0.29) is 29.9 Å². The van der Waals surface area contributed by atoms with E-state index in [0.29, 0.717) is 18.5 Å². The van der Waals surface area contributed by atoms with Gasteiger partial charge >= 0.3 is 0 Å². The summed E-state index contributed by atoms with van der Waals surface area (Å²) in [4.78, 5) is 31.5. The molecule has 0 radical (unpaired) electrons. The van der Waals surface area contributed by atoms with Crippen molar-refractivity contribution in [2.45, 2.75) is 57.2 Å².